The van der Waals surface area contributed by atoms with Gasteiger partial charge in [0.05, 0.1) is 5.41 Å². The minimum atomic E-state index is -3.44. The van der Waals surface area contributed by atoms with Gasteiger partial charge in [-0.2, -0.15) is 4.31 Å². The molecular weight excluding hydrogens is 424 g/mol. The molecule has 8 heteroatoms. The van der Waals surface area contributed by atoms with E-state index in [4.69, 9.17) is 0 Å². The molecule has 2 aromatic rings. The molecule has 1 aliphatic heterocycles. The molecule has 0 unspecified atom stereocenters. The number of hydrogen-bond acceptors (Lipinski definition) is 5. The summed E-state index contributed by atoms with van der Waals surface area (Å²) in [5, 5.41) is 7.00. The number of rotatable bonds is 7. The number of amides is 1. The largest absolute Gasteiger partial charge is 0.355 e. The van der Waals surface area contributed by atoms with Gasteiger partial charge in [-0.05, 0) is 55.0 Å². The van der Waals surface area contributed by atoms with Gasteiger partial charge in [0.2, 0.25) is 5.91 Å². The summed E-state index contributed by atoms with van der Waals surface area (Å²) < 4.78 is 28.1. The molecular formula is C21H28N2O3S3. The lowest BCUT2D eigenvalue weighted by Gasteiger charge is -2.34. The fourth-order valence-corrected chi connectivity index (χ4v) is 8.57. The molecule has 2 aromatic heterocycles. The van der Waals surface area contributed by atoms with Crippen molar-refractivity contribution in [1.82, 2.24) is 9.62 Å². The van der Waals surface area contributed by atoms with Gasteiger partial charge in [0.25, 0.3) is 10.0 Å². The van der Waals surface area contributed by atoms with Crippen LogP contribution in [0.2, 0.25) is 0 Å². The van der Waals surface area contributed by atoms with E-state index < -0.39 is 10.0 Å². The molecule has 29 heavy (non-hydrogen) atoms. The predicted molar refractivity (Wildman–Crippen MR) is 118 cm³/mol. The zero-order valence-electron chi connectivity index (χ0n) is 16.5. The zero-order valence-corrected chi connectivity index (χ0v) is 19.0. The summed E-state index contributed by atoms with van der Waals surface area (Å²) in [4.78, 5) is 14.3. The highest BCUT2D eigenvalue weighted by Crippen LogP contribution is 2.43. The van der Waals surface area contributed by atoms with Crippen LogP contribution in [-0.4, -0.2) is 37.8 Å². The minimum absolute atomic E-state index is 0.0441. The van der Waals surface area contributed by atoms with Crippen LogP contribution >= 0.6 is 22.7 Å². The van der Waals surface area contributed by atoms with Crippen molar-refractivity contribution in [2.75, 3.05) is 13.1 Å². The molecule has 0 spiro atoms. The second-order valence-corrected chi connectivity index (χ2v) is 12.0. The van der Waals surface area contributed by atoms with Crippen LogP contribution in [0, 0.1) is 0 Å². The SMILES string of the molecule is O=C(NCC[C@H]1CCCCN1S(=O)(=O)c1cccs1)C1(c2cccs2)CCCC1. The van der Waals surface area contributed by atoms with E-state index in [1.165, 1.54) is 11.3 Å². The summed E-state index contributed by atoms with van der Waals surface area (Å²) in [7, 11) is -3.44. The van der Waals surface area contributed by atoms with Crippen molar-refractivity contribution in [3.05, 3.63) is 39.9 Å². The van der Waals surface area contributed by atoms with Gasteiger partial charge in [0, 0.05) is 24.0 Å². The topological polar surface area (TPSA) is 66.5 Å². The number of sulfonamides is 1. The molecule has 4 rings (SSSR count). The molecule has 1 amide bonds. The average molecular weight is 453 g/mol. The lowest BCUT2D eigenvalue weighted by atomic mass is 9.83. The lowest BCUT2D eigenvalue weighted by Crippen LogP contribution is -2.47. The first kappa shape index (κ1) is 21.0. The molecule has 1 atom stereocenters. The molecule has 5 nitrogen and oxygen atoms in total. The number of carbonyl (C=O) groups is 1. The summed E-state index contributed by atoms with van der Waals surface area (Å²) in [5.74, 6) is 0.112. The van der Waals surface area contributed by atoms with Gasteiger partial charge in [0.1, 0.15) is 4.21 Å². The van der Waals surface area contributed by atoms with Crippen LogP contribution in [0.5, 0.6) is 0 Å². The Morgan fingerprint density at radius 1 is 1.10 bits per heavy atom. The monoisotopic (exact) mass is 452 g/mol. The van der Waals surface area contributed by atoms with Gasteiger partial charge in [0.15, 0.2) is 0 Å². The fraction of sp³-hybridized carbons (Fsp3) is 0.571. The lowest BCUT2D eigenvalue weighted by molar-refractivity contribution is -0.126. The van der Waals surface area contributed by atoms with E-state index in [-0.39, 0.29) is 17.4 Å². The third-order valence-electron chi connectivity index (χ3n) is 6.28. The third kappa shape index (κ3) is 4.17. The van der Waals surface area contributed by atoms with Crippen molar-refractivity contribution < 1.29 is 13.2 Å². The summed E-state index contributed by atoms with van der Waals surface area (Å²) in [6.07, 6.45) is 7.43. The van der Waals surface area contributed by atoms with Gasteiger partial charge in [-0.1, -0.05) is 31.4 Å². The van der Waals surface area contributed by atoms with Crippen molar-refractivity contribution in [1.29, 1.82) is 0 Å². The Bertz CT molecular complexity index is 901. The van der Waals surface area contributed by atoms with Gasteiger partial charge in [-0.3, -0.25) is 4.79 Å². The van der Waals surface area contributed by atoms with Crippen molar-refractivity contribution >= 4 is 38.6 Å². The Kier molecular flexibility index (Phi) is 6.44. The third-order valence-corrected chi connectivity index (χ3v) is 10.7. The molecule has 0 bridgehead atoms. The Morgan fingerprint density at radius 3 is 2.55 bits per heavy atom. The summed E-state index contributed by atoms with van der Waals surface area (Å²) >= 11 is 2.93. The van der Waals surface area contributed by atoms with Crippen molar-refractivity contribution in [3.63, 3.8) is 0 Å². The van der Waals surface area contributed by atoms with Crippen LogP contribution in [0.4, 0.5) is 0 Å². The Morgan fingerprint density at radius 2 is 1.86 bits per heavy atom. The van der Waals surface area contributed by atoms with Crippen LogP contribution in [0.1, 0.15) is 56.2 Å². The maximum absolute atomic E-state index is 13.1. The number of piperidine rings is 1. The summed E-state index contributed by atoms with van der Waals surface area (Å²) in [5.41, 5.74) is -0.385. The van der Waals surface area contributed by atoms with Gasteiger partial charge in [-0.25, -0.2) is 8.42 Å². The highest BCUT2D eigenvalue weighted by molar-refractivity contribution is 7.91. The van der Waals surface area contributed by atoms with E-state index in [0.29, 0.717) is 23.7 Å². The van der Waals surface area contributed by atoms with E-state index in [1.807, 2.05) is 11.4 Å². The number of nitrogens with one attached hydrogen (secondary N) is 1. The fourth-order valence-electron chi connectivity index (χ4n) is 4.74. The van der Waals surface area contributed by atoms with Crippen LogP contribution in [0.15, 0.2) is 39.2 Å². The number of thiophene rings is 2. The highest BCUT2D eigenvalue weighted by Gasteiger charge is 2.43. The summed E-state index contributed by atoms with van der Waals surface area (Å²) in [6.45, 7) is 1.09. The maximum atomic E-state index is 13.1. The van der Waals surface area contributed by atoms with Crippen LogP contribution < -0.4 is 5.32 Å². The molecule has 1 saturated carbocycles. The van der Waals surface area contributed by atoms with Gasteiger partial charge >= 0.3 is 0 Å². The molecule has 1 aliphatic carbocycles. The van der Waals surface area contributed by atoms with Crippen molar-refractivity contribution in [3.8, 4) is 0 Å². The molecule has 0 aromatic carbocycles. The number of carbonyl (C=O) groups excluding carboxylic acids is 1. The molecule has 3 heterocycles. The molecule has 0 radical (unpaired) electrons. The second kappa shape index (κ2) is 8.88. The number of nitrogens with zero attached hydrogens (tertiary/aromatic N) is 1. The van der Waals surface area contributed by atoms with Crippen LogP contribution in [0.3, 0.4) is 0 Å². The number of hydrogen-bond donors (Lipinski definition) is 1. The first-order valence-corrected chi connectivity index (χ1v) is 13.6. The van der Waals surface area contributed by atoms with Crippen LogP contribution in [0.25, 0.3) is 0 Å². The van der Waals surface area contributed by atoms with Crippen molar-refractivity contribution in [2.45, 2.75) is 67.0 Å². The maximum Gasteiger partial charge on any atom is 0.252 e. The quantitative estimate of drug-likeness (QED) is 0.678. The van der Waals surface area contributed by atoms with E-state index >= 15 is 0 Å². The average Bonchev–Trinajstić information content (AvgIpc) is 3.51. The van der Waals surface area contributed by atoms with E-state index in [0.717, 1.165) is 49.8 Å². The first-order valence-electron chi connectivity index (χ1n) is 10.4. The Balaban J connectivity index is 1.41. The van der Waals surface area contributed by atoms with E-state index in [2.05, 4.69) is 11.4 Å². The predicted octanol–water partition coefficient (Wildman–Crippen LogP) is 4.37. The van der Waals surface area contributed by atoms with Gasteiger partial charge in [-0.15, -0.1) is 22.7 Å². The molecule has 1 saturated heterocycles. The molecule has 1 N–H and O–H groups in total. The minimum Gasteiger partial charge on any atom is -0.355 e. The Labute approximate surface area is 181 Å². The van der Waals surface area contributed by atoms with E-state index in [1.54, 1.807) is 33.2 Å². The van der Waals surface area contributed by atoms with Gasteiger partial charge < -0.3 is 5.32 Å². The molecule has 2 fully saturated rings. The normalized spacial score (nSPS) is 22.6. The first-order chi connectivity index (χ1) is 14.0. The Hall–Kier alpha value is -1.22. The zero-order chi connectivity index (χ0) is 20.3. The molecule has 2 aliphatic rings. The second-order valence-electron chi connectivity index (χ2n) is 8.01. The highest BCUT2D eigenvalue weighted by atomic mass is 32.2. The standard InChI is InChI=1S/C21H28N2O3S3/c24-20(21(11-2-3-12-21)18-8-5-15-27-18)22-13-10-17-7-1-4-14-23(17)29(25,26)19-9-6-16-28-19/h5-6,8-9,15-17H,1-4,7,10-14H2,(H,22,24)/t17-/m1/s1. The van der Waals surface area contributed by atoms with Crippen molar-refractivity contribution in [2.24, 2.45) is 0 Å². The van der Waals surface area contributed by atoms with Crippen LogP contribution in [-0.2, 0) is 20.2 Å². The molecule has 158 valence electrons. The summed E-state index contributed by atoms with van der Waals surface area (Å²) in [6, 6.07) is 7.51. The smallest absolute Gasteiger partial charge is 0.252 e. The van der Waals surface area contributed by atoms with E-state index in [9.17, 15) is 13.2 Å².